The summed E-state index contributed by atoms with van der Waals surface area (Å²) in [5, 5.41) is 25.5. The van der Waals surface area contributed by atoms with Crippen molar-refractivity contribution < 1.29 is 43.2 Å². The number of hydrogen-bond acceptors (Lipinski definition) is 9. The fourth-order valence-electron chi connectivity index (χ4n) is 7.97. The first-order valence-electron chi connectivity index (χ1n) is 23.4. The average Bonchev–Trinajstić information content (AvgIpc) is 3.90. The van der Waals surface area contributed by atoms with Crippen LogP contribution in [0.3, 0.4) is 0 Å². The molecule has 9 atom stereocenters. The summed E-state index contributed by atoms with van der Waals surface area (Å²) in [5.74, 6) is -6.71. The first-order chi connectivity index (χ1) is 32.6. The van der Waals surface area contributed by atoms with Crippen LogP contribution in [0, 0.1) is 11.8 Å². The summed E-state index contributed by atoms with van der Waals surface area (Å²) in [6, 6.07) is 3.86. The van der Waals surface area contributed by atoms with Gasteiger partial charge in [0.25, 0.3) is 0 Å². The number of rotatable bonds is 8. The van der Waals surface area contributed by atoms with Crippen molar-refractivity contribution in [3.8, 4) is 0 Å². The highest BCUT2D eigenvalue weighted by Crippen LogP contribution is 2.21. The van der Waals surface area contributed by atoms with Gasteiger partial charge < -0.3 is 57.8 Å². The van der Waals surface area contributed by atoms with Crippen molar-refractivity contribution in [3.63, 3.8) is 0 Å². The molecule has 1 aliphatic heterocycles. The summed E-state index contributed by atoms with van der Waals surface area (Å²) in [4.78, 5) is 131. The van der Waals surface area contributed by atoms with E-state index in [1.807, 2.05) is 76.2 Å². The van der Waals surface area contributed by atoms with Gasteiger partial charge in [-0.2, -0.15) is 0 Å². The number of aromatic nitrogens is 2. The highest BCUT2D eigenvalue weighted by molar-refractivity contribution is 5.99. The van der Waals surface area contributed by atoms with Crippen LogP contribution in [-0.2, 0) is 56.0 Å². The molecule has 5 rings (SSSR count). The number of amides is 9. The lowest BCUT2D eigenvalue weighted by atomic mass is 9.99. The topological polar surface area (TPSA) is 293 Å². The van der Waals surface area contributed by atoms with Gasteiger partial charge in [0.1, 0.15) is 54.4 Å². The lowest BCUT2D eigenvalue weighted by molar-refractivity contribution is -0.135. The number of carbonyl (C=O) groups is 9. The van der Waals surface area contributed by atoms with E-state index in [1.54, 1.807) is 12.4 Å². The van der Waals surface area contributed by atoms with E-state index in [-0.39, 0.29) is 37.5 Å². The van der Waals surface area contributed by atoms with E-state index in [4.69, 9.17) is 0 Å². The van der Waals surface area contributed by atoms with Gasteiger partial charge in [-0.05, 0) is 82.6 Å². The molecule has 1 aliphatic rings. The Morgan fingerprint density at radius 1 is 0.362 bits per heavy atom. The average molecular weight is 954 g/mol. The second-order valence-electron chi connectivity index (χ2n) is 18.8. The van der Waals surface area contributed by atoms with Gasteiger partial charge in [-0.25, -0.2) is 0 Å². The van der Waals surface area contributed by atoms with Crippen molar-refractivity contribution in [2.75, 3.05) is 0 Å². The third-order valence-corrected chi connectivity index (χ3v) is 11.9. The predicted octanol–water partition coefficient (Wildman–Crippen LogP) is 1.00. The maximum Gasteiger partial charge on any atom is 0.243 e. The zero-order valence-corrected chi connectivity index (χ0v) is 40.6. The van der Waals surface area contributed by atoms with Crippen molar-refractivity contribution in [2.24, 2.45) is 11.8 Å². The molecule has 372 valence electrons. The summed E-state index contributed by atoms with van der Waals surface area (Å²) in [7, 11) is 0. The van der Waals surface area contributed by atoms with Gasteiger partial charge in [0, 0.05) is 47.0 Å². The van der Waals surface area contributed by atoms with E-state index in [2.05, 4.69) is 57.8 Å². The summed E-state index contributed by atoms with van der Waals surface area (Å²) >= 11 is 0. The Labute approximate surface area is 401 Å². The number of H-pyrrole nitrogens is 2. The molecule has 2 aromatic heterocycles. The van der Waals surface area contributed by atoms with Crippen molar-refractivity contribution in [2.45, 2.75) is 142 Å². The minimum absolute atomic E-state index is 0.0460. The molecule has 1 fully saturated rings. The number of carbonyl (C=O) groups excluding carboxylic acids is 9. The zero-order valence-electron chi connectivity index (χ0n) is 40.6. The quantitative estimate of drug-likeness (QED) is 0.120. The van der Waals surface area contributed by atoms with Crippen LogP contribution in [-0.4, -0.2) is 118 Å². The molecule has 4 aromatic rings. The first-order valence-corrected chi connectivity index (χ1v) is 23.4. The van der Waals surface area contributed by atoms with Crippen LogP contribution < -0.4 is 47.9 Å². The van der Waals surface area contributed by atoms with Crippen LogP contribution in [0.1, 0.15) is 86.3 Å². The number of benzene rings is 2. The summed E-state index contributed by atoms with van der Waals surface area (Å²) in [6.45, 7) is 14.4. The summed E-state index contributed by atoms with van der Waals surface area (Å²) < 4.78 is 0. The number of fused-ring (bicyclic) bond motifs is 2. The van der Waals surface area contributed by atoms with Crippen LogP contribution >= 0.6 is 0 Å². The SMILES string of the molecule is CC(C)C[C@@H]1NC(=O)[C@@H](C)NC(=O)[C@H](C)NC(=O)[C@@H](C)NC(=O)[C@H](Cc2c[nH]c3ccccc23)NC(=O)[C@H](Cc2c[nH]c3ccccc23)NC(=O)[C@@H](C)NC(=O)[C@H](C)NC(=O)[C@@H](CC(C)C)NC1=O. The monoisotopic (exact) mass is 954 g/mol. The molecule has 0 aliphatic carbocycles. The van der Waals surface area contributed by atoms with E-state index in [0.717, 1.165) is 21.8 Å². The van der Waals surface area contributed by atoms with Crippen LogP contribution in [0.4, 0.5) is 0 Å². The molecular formula is C49H67N11O9. The van der Waals surface area contributed by atoms with Gasteiger partial charge >= 0.3 is 0 Å². The lowest BCUT2D eigenvalue weighted by Crippen LogP contribution is -2.60. The molecule has 0 bridgehead atoms. The molecule has 0 unspecified atom stereocenters. The van der Waals surface area contributed by atoms with E-state index in [1.165, 1.54) is 34.6 Å². The van der Waals surface area contributed by atoms with Gasteiger partial charge in [-0.15, -0.1) is 0 Å². The summed E-state index contributed by atoms with van der Waals surface area (Å²) in [5.41, 5.74) is 2.90. The van der Waals surface area contributed by atoms with Crippen molar-refractivity contribution in [3.05, 3.63) is 72.1 Å². The highest BCUT2D eigenvalue weighted by atomic mass is 16.2. The molecule has 2 aromatic carbocycles. The molecule has 3 heterocycles. The normalized spacial score (nSPS) is 26.0. The molecule has 0 spiro atoms. The Balaban J connectivity index is 1.49. The number of aromatic amines is 2. The van der Waals surface area contributed by atoms with Gasteiger partial charge in [-0.1, -0.05) is 64.1 Å². The molecule has 0 saturated carbocycles. The fourth-order valence-corrected chi connectivity index (χ4v) is 7.97. The van der Waals surface area contributed by atoms with Crippen LogP contribution in [0.5, 0.6) is 0 Å². The predicted molar refractivity (Wildman–Crippen MR) is 259 cm³/mol. The molecule has 0 radical (unpaired) electrons. The molecular weight excluding hydrogens is 887 g/mol. The van der Waals surface area contributed by atoms with Gasteiger partial charge in [0.15, 0.2) is 0 Å². The van der Waals surface area contributed by atoms with Gasteiger partial charge in [0.2, 0.25) is 53.2 Å². The molecule has 11 N–H and O–H groups in total. The first kappa shape index (κ1) is 52.7. The van der Waals surface area contributed by atoms with E-state index < -0.39 is 108 Å². The number of hydrogen-bond donors (Lipinski definition) is 11. The van der Waals surface area contributed by atoms with Crippen molar-refractivity contribution >= 4 is 75.0 Å². The maximum atomic E-state index is 14.6. The van der Waals surface area contributed by atoms with Crippen molar-refractivity contribution in [1.29, 1.82) is 0 Å². The minimum atomic E-state index is -1.31. The number of nitrogens with one attached hydrogen (secondary N) is 11. The third-order valence-electron chi connectivity index (χ3n) is 11.9. The Morgan fingerprint density at radius 3 is 1.00 bits per heavy atom. The largest absolute Gasteiger partial charge is 0.361 e. The second kappa shape index (κ2) is 23.7. The van der Waals surface area contributed by atoms with Crippen LogP contribution in [0.2, 0.25) is 0 Å². The Bertz CT molecular complexity index is 2530. The van der Waals surface area contributed by atoms with E-state index >= 15 is 0 Å². The van der Waals surface area contributed by atoms with Gasteiger partial charge in [0.05, 0.1) is 0 Å². The van der Waals surface area contributed by atoms with Crippen LogP contribution in [0.15, 0.2) is 60.9 Å². The third kappa shape index (κ3) is 14.4. The molecule has 20 heteroatoms. The fraction of sp³-hybridized carbons (Fsp3) is 0.490. The smallest absolute Gasteiger partial charge is 0.243 e. The Kier molecular flexibility index (Phi) is 18.1. The molecule has 69 heavy (non-hydrogen) atoms. The van der Waals surface area contributed by atoms with Crippen molar-refractivity contribution in [1.82, 2.24) is 57.8 Å². The maximum absolute atomic E-state index is 14.6. The standard InChI is InChI=1S/C49H67N11O9/c1-24(2)18-37-46(66)55-27(6)43(63)54-30(9)45(65)58-40(21-32-23-51-36-17-13-11-15-34(32)36)49(69)60-39(20-31-22-50-35-16-12-10-14-33(31)35)47(67)56-28(7)42(62)52-26(5)41(61)53-29(8)44(64)57-38(19-25(3)4)48(68)59-37/h10-17,22-30,37-40,50-51H,18-21H2,1-9H3,(H,52,62)(H,53,61)(H,54,63)(H,55,66)(H,56,67)(H,57,64)(H,58,65)(H,59,68)(H,60,69)/t26-,27-,28+,29+,30+,37+,38-,39-,40-/m0/s1. The molecule has 20 nitrogen and oxygen atoms in total. The molecule has 9 amide bonds. The molecule has 1 saturated heterocycles. The van der Waals surface area contributed by atoms with Gasteiger partial charge in [-0.3, -0.25) is 43.2 Å². The number of para-hydroxylation sites is 2. The zero-order chi connectivity index (χ0) is 50.7. The van der Waals surface area contributed by atoms with E-state index in [0.29, 0.717) is 11.1 Å². The summed E-state index contributed by atoms with van der Waals surface area (Å²) in [6.07, 6.45) is 3.68. The Hall–Kier alpha value is -7.25. The minimum Gasteiger partial charge on any atom is -0.361 e. The lowest BCUT2D eigenvalue weighted by Gasteiger charge is -2.27. The highest BCUT2D eigenvalue weighted by Gasteiger charge is 2.34. The van der Waals surface area contributed by atoms with Crippen LogP contribution in [0.25, 0.3) is 21.8 Å². The second-order valence-corrected chi connectivity index (χ2v) is 18.8. The Morgan fingerprint density at radius 2 is 0.623 bits per heavy atom. The van der Waals surface area contributed by atoms with E-state index in [9.17, 15) is 43.2 Å².